The van der Waals surface area contributed by atoms with Gasteiger partial charge in [-0.2, -0.15) is 5.10 Å². The Labute approximate surface area is 166 Å². The Morgan fingerprint density at radius 1 is 0.750 bits per heavy atom. The molecule has 1 aliphatic carbocycles. The molecule has 28 heavy (non-hydrogen) atoms. The first-order valence-electron chi connectivity index (χ1n) is 10.3. The van der Waals surface area contributed by atoms with Gasteiger partial charge < -0.3 is 0 Å². The van der Waals surface area contributed by atoms with Gasteiger partial charge in [-0.3, -0.25) is 0 Å². The predicted molar refractivity (Wildman–Crippen MR) is 115 cm³/mol. The number of rotatable bonds is 2. The summed E-state index contributed by atoms with van der Waals surface area (Å²) in [6.07, 6.45) is 7.35. The van der Waals surface area contributed by atoms with Gasteiger partial charge in [-0.15, -0.1) is 0 Å². The van der Waals surface area contributed by atoms with Crippen molar-refractivity contribution in [2.45, 2.75) is 45.4 Å². The maximum atomic E-state index is 5.23. The van der Waals surface area contributed by atoms with Gasteiger partial charge in [-0.25, -0.2) is 9.67 Å². The zero-order valence-electron chi connectivity index (χ0n) is 16.4. The van der Waals surface area contributed by atoms with Crippen molar-refractivity contribution in [2.75, 3.05) is 0 Å². The van der Waals surface area contributed by atoms with E-state index in [9.17, 15) is 0 Å². The number of benzene rings is 2. The van der Waals surface area contributed by atoms with Crippen LogP contribution in [0.5, 0.6) is 0 Å². The van der Waals surface area contributed by atoms with E-state index < -0.39 is 0 Å². The second kappa shape index (κ2) is 7.23. The molecular formula is C25H25N3. The van der Waals surface area contributed by atoms with Gasteiger partial charge in [0.2, 0.25) is 0 Å². The molecule has 0 unspecified atom stereocenters. The Morgan fingerprint density at radius 2 is 1.39 bits per heavy atom. The molecule has 0 N–H and O–H groups in total. The van der Waals surface area contributed by atoms with E-state index in [0.29, 0.717) is 0 Å². The molecule has 2 heterocycles. The molecule has 0 saturated carbocycles. The van der Waals surface area contributed by atoms with Crippen LogP contribution in [0.3, 0.4) is 0 Å². The Hall–Kier alpha value is -2.94. The molecule has 0 bridgehead atoms. The van der Waals surface area contributed by atoms with Crippen molar-refractivity contribution in [1.82, 2.24) is 14.8 Å². The highest BCUT2D eigenvalue weighted by Crippen LogP contribution is 2.36. The first-order chi connectivity index (χ1) is 13.8. The van der Waals surface area contributed by atoms with Crippen LogP contribution in [0.15, 0.2) is 60.7 Å². The highest BCUT2D eigenvalue weighted by Gasteiger charge is 2.22. The quantitative estimate of drug-likeness (QED) is 0.431. The van der Waals surface area contributed by atoms with Crippen LogP contribution in [-0.4, -0.2) is 14.8 Å². The van der Waals surface area contributed by atoms with Crippen LogP contribution in [0.2, 0.25) is 0 Å². The fourth-order valence-electron chi connectivity index (χ4n) is 4.53. The van der Waals surface area contributed by atoms with Gasteiger partial charge in [0.15, 0.2) is 5.65 Å². The maximum absolute atomic E-state index is 5.23. The highest BCUT2D eigenvalue weighted by molar-refractivity contribution is 5.88. The molecule has 0 atom stereocenters. The summed E-state index contributed by atoms with van der Waals surface area (Å²) in [6.45, 7) is 2.13. The summed E-state index contributed by atoms with van der Waals surface area (Å²) in [6, 6.07) is 21.0. The number of aryl methyl sites for hydroxylation is 2. The summed E-state index contributed by atoms with van der Waals surface area (Å²) >= 11 is 0. The van der Waals surface area contributed by atoms with Crippen LogP contribution in [0.1, 0.15) is 42.5 Å². The summed E-state index contributed by atoms with van der Waals surface area (Å²) in [4.78, 5) is 5.23. The van der Waals surface area contributed by atoms with E-state index in [-0.39, 0.29) is 0 Å². The lowest BCUT2D eigenvalue weighted by atomic mass is 9.88. The van der Waals surface area contributed by atoms with Crippen LogP contribution in [0, 0.1) is 6.92 Å². The number of hydrogen-bond donors (Lipinski definition) is 0. The molecule has 3 heteroatoms. The lowest BCUT2D eigenvalue weighted by Crippen LogP contribution is -2.06. The van der Waals surface area contributed by atoms with Gasteiger partial charge in [0.05, 0.1) is 17.1 Å². The number of aromatic nitrogens is 3. The number of pyridine rings is 1. The zero-order valence-corrected chi connectivity index (χ0v) is 16.4. The van der Waals surface area contributed by atoms with Crippen molar-refractivity contribution in [3.63, 3.8) is 0 Å². The Kier molecular flexibility index (Phi) is 4.44. The molecule has 0 fully saturated rings. The van der Waals surface area contributed by atoms with Gasteiger partial charge in [-0.05, 0) is 55.9 Å². The third kappa shape index (κ3) is 2.91. The third-order valence-electron chi connectivity index (χ3n) is 5.86. The minimum Gasteiger partial charge on any atom is -0.228 e. The van der Waals surface area contributed by atoms with Gasteiger partial charge in [-0.1, -0.05) is 61.4 Å². The fourth-order valence-corrected chi connectivity index (χ4v) is 4.53. The molecule has 0 amide bonds. The van der Waals surface area contributed by atoms with Crippen molar-refractivity contribution in [2.24, 2.45) is 0 Å². The highest BCUT2D eigenvalue weighted by atomic mass is 15.3. The van der Waals surface area contributed by atoms with Crippen molar-refractivity contribution >= 4 is 11.0 Å². The second-order valence-corrected chi connectivity index (χ2v) is 7.73. The van der Waals surface area contributed by atoms with Gasteiger partial charge in [0.25, 0.3) is 0 Å². The number of para-hydroxylation sites is 1. The van der Waals surface area contributed by atoms with E-state index in [4.69, 9.17) is 10.1 Å². The Bertz CT molecular complexity index is 1110. The van der Waals surface area contributed by atoms with Crippen LogP contribution < -0.4 is 0 Å². The molecule has 0 aliphatic heterocycles. The van der Waals surface area contributed by atoms with Crippen LogP contribution in [0.25, 0.3) is 28.0 Å². The van der Waals surface area contributed by atoms with E-state index in [0.717, 1.165) is 35.6 Å². The molecule has 0 radical (unpaired) electrons. The molecule has 0 saturated heterocycles. The lowest BCUT2D eigenvalue weighted by molar-refractivity contribution is 0.618. The molecule has 4 aromatic rings. The smallest absolute Gasteiger partial charge is 0.164 e. The van der Waals surface area contributed by atoms with Crippen molar-refractivity contribution in [3.8, 4) is 16.9 Å². The average molecular weight is 367 g/mol. The second-order valence-electron chi connectivity index (χ2n) is 7.73. The minimum absolute atomic E-state index is 0.988. The van der Waals surface area contributed by atoms with E-state index in [1.807, 2.05) is 10.7 Å². The van der Waals surface area contributed by atoms with Gasteiger partial charge >= 0.3 is 0 Å². The number of hydrogen-bond acceptors (Lipinski definition) is 2. The molecule has 5 rings (SSSR count). The van der Waals surface area contributed by atoms with Crippen LogP contribution >= 0.6 is 0 Å². The summed E-state index contributed by atoms with van der Waals surface area (Å²) in [5.41, 5.74) is 8.40. The fraction of sp³-hybridized carbons (Fsp3) is 0.280. The summed E-state index contributed by atoms with van der Waals surface area (Å²) in [5, 5.41) is 6.18. The van der Waals surface area contributed by atoms with E-state index in [2.05, 4.69) is 61.5 Å². The molecule has 3 nitrogen and oxygen atoms in total. The van der Waals surface area contributed by atoms with Crippen LogP contribution in [-0.2, 0) is 12.8 Å². The largest absolute Gasteiger partial charge is 0.228 e. The van der Waals surface area contributed by atoms with E-state index in [1.54, 1.807) is 0 Å². The van der Waals surface area contributed by atoms with E-state index in [1.165, 1.54) is 47.8 Å². The lowest BCUT2D eigenvalue weighted by Gasteiger charge is -2.19. The van der Waals surface area contributed by atoms with Crippen LogP contribution in [0.4, 0.5) is 0 Å². The van der Waals surface area contributed by atoms with Gasteiger partial charge in [0.1, 0.15) is 0 Å². The summed E-state index contributed by atoms with van der Waals surface area (Å²) in [5.74, 6) is 0. The summed E-state index contributed by atoms with van der Waals surface area (Å²) < 4.78 is 2.02. The zero-order chi connectivity index (χ0) is 18.9. The SMILES string of the molecule is Cc1nn(-c2ccccc2)c2nc(-c3ccccc3)c3c(c12)CCCCCC3. The normalized spacial score (nSPS) is 14.5. The molecular weight excluding hydrogens is 342 g/mol. The maximum Gasteiger partial charge on any atom is 0.164 e. The predicted octanol–water partition coefficient (Wildman–Crippen LogP) is 6.05. The van der Waals surface area contributed by atoms with Crippen molar-refractivity contribution < 1.29 is 0 Å². The van der Waals surface area contributed by atoms with Crippen molar-refractivity contribution in [1.29, 1.82) is 0 Å². The average Bonchev–Trinajstić information content (AvgIpc) is 3.05. The standard InChI is InChI=1S/C25H25N3/c1-18-23-21-16-10-2-3-11-17-22(21)24(19-12-6-4-7-13-19)26-25(23)28(27-18)20-14-8-5-9-15-20/h4-9,12-15H,2-3,10-11,16-17H2,1H3. The molecule has 140 valence electrons. The third-order valence-corrected chi connectivity index (χ3v) is 5.86. The van der Waals surface area contributed by atoms with Gasteiger partial charge in [0, 0.05) is 10.9 Å². The Morgan fingerprint density at radius 3 is 2.11 bits per heavy atom. The molecule has 1 aliphatic rings. The first kappa shape index (κ1) is 17.2. The Balaban J connectivity index is 1.84. The van der Waals surface area contributed by atoms with Crippen molar-refractivity contribution in [3.05, 3.63) is 77.5 Å². The first-order valence-corrected chi connectivity index (χ1v) is 10.3. The number of nitrogens with zero attached hydrogens (tertiary/aromatic N) is 3. The molecule has 2 aromatic carbocycles. The topological polar surface area (TPSA) is 30.7 Å². The summed E-state index contributed by atoms with van der Waals surface area (Å²) in [7, 11) is 0. The number of fused-ring (bicyclic) bond motifs is 3. The van der Waals surface area contributed by atoms with E-state index >= 15 is 0 Å². The minimum atomic E-state index is 0.988. The molecule has 0 spiro atoms. The molecule has 2 aromatic heterocycles. The monoisotopic (exact) mass is 367 g/mol.